The molecule has 1 atom stereocenters. The van der Waals surface area contributed by atoms with Crippen molar-refractivity contribution in [3.63, 3.8) is 0 Å². The van der Waals surface area contributed by atoms with Gasteiger partial charge >= 0.3 is 0 Å². The molecule has 2 fully saturated rings. The molecule has 1 aromatic carbocycles. The summed E-state index contributed by atoms with van der Waals surface area (Å²) in [4.78, 5) is 0. The van der Waals surface area contributed by atoms with E-state index in [4.69, 9.17) is 0 Å². The third-order valence-corrected chi connectivity index (χ3v) is 5.58. The van der Waals surface area contributed by atoms with Gasteiger partial charge in [0.05, 0.1) is 0 Å². The third-order valence-electron chi connectivity index (χ3n) is 5.58. The van der Waals surface area contributed by atoms with Crippen LogP contribution in [-0.4, -0.2) is 13.1 Å². The lowest BCUT2D eigenvalue weighted by molar-refractivity contribution is 0.208. The standard InChI is InChI=1S/C18H27N/c1-14-8-10-15(11-9-14)17(19-2)18(12-13-18)16-6-4-3-5-7-16/h3-7,14-15,17,19H,8-13H2,1-2H3. The summed E-state index contributed by atoms with van der Waals surface area (Å²) in [6.45, 7) is 2.41. The van der Waals surface area contributed by atoms with Crippen LogP contribution in [0.15, 0.2) is 30.3 Å². The molecule has 1 nitrogen and oxygen atoms in total. The number of nitrogens with one attached hydrogen (secondary N) is 1. The van der Waals surface area contributed by atoms with Gasteiger partial charge in [-0.15, -0.1) is 0 Å². The van der Waals surface area contributed by atoms with Crippen molar-refractivity contribution in [3.05, 3.63) is 35.9 Å². The topological polar surface area (TPSA) is 12.0 Å². The average molecular weight is 257 g/mol. The highest BCUT2D eigenvalue weighted by Crippen LogP contribution is 2.54. The molecule has 2 aliphatic carbocycles. The van der Waals surface area contributed by atoms with Crippen LogP contribution in [0, 0.1) is 11.8 Å². The van der Waals surface area contributed by atoms with E-state index < -0.39 is 0 Å². The molecule has 19 heavy (non-hydrogen) atoms. The van der Waals surface area contributed by atoms with E-state index in [9.17, 15) is 0 Å². The molecule has 0 aromatic heterocycles. The first-order valence-electron chi connectivity index (χ1n) is 7.99. The van der Waals surface area contributed by atoms with E-state index in [0.29, 0.717) is 11.5 Å². The molecule has 0 saturated heterocycles. The van der Waals surface area contributed by atoms with E-state index in [0.717, 1.165) is 11.8 Å². The van der Waals surface area contributed by atoms with E-state index in [-0.39, 0.29) is 0 Å². The maximum Gasteiger partial charge on any atom is 0.0189 e. The first-order chi connectivity index (χ1) is 9.26. The summed E-state index contributed by atoms with van der Waals surface area (Å²) in [5.74, 6) is 1.82. The molecule has 0 bridgehead atoms. The van der Waals surface area contributed by atoms with Gasteiger partial charge in [0.1, 0.15) is 0 Å². The zero-order chi connectivity index (χ0) is 13.3. The molecule has 2 saturated carbocycles. The van der Waals surface area contributed by atoms with Crippen molar-refractivity contribution in [2.75, 3.05) is 7.05 Å². The molecule has 1 N–H and O–H groups in total. The molecule has 0 aliphatic heterocycles. The molecule has 104 valence electrons. The quantitative estimate of drug-likeness (QED) is 0.855. The Labute approximate surface area is 117 Å². The van der Waals surface area contributed by atoms with Crippen molar-refractivity contribution < 1.29 is 0 Å². The molecule has 0 spiro atoms. The second-order valence-corrected chi connectivity index (χ2v) is 6.81. The molecule has 0 amide bonds. The van der Waals surface area contributed by atoms with Crippen LogP contribution in [0.1, 0.15) is 51.0 Å². The molecular weight excluding hydrogens is 230 g/mol. The average Bonchev–Trinajstić information content (AvgIpc) is 3.24. The second kappa shape index (κ2) is 5.28. The largest absolute Gasteiger partial charge is 0.316 e. The molecule has 3 rings (SSSR count). The van der Waals surface area contributed by atoms with E-state index in [1.807, 2.05) is 0 Å². The van der Waals surface area contributed by atoms with Gasteiger partial charge in [0, 0.05) is 11.5 Å². The van der Waals surface area contributed by atoms with Crippen LogP contribution >= 0.6 is 0 Å². The predicted octanol–water partition coefficient (Wildman–Crippen LogP) is 4.13. The maximum atomic E-state index is 3.69. The van der Waals surface area contributed by atoms with Gasteiger partial charge in [-0.3, -0.25) is 0 Å². The van der Waals surface area contributed by atoms with Crippen LogP contribution < -0.4 is 5.32 Å². The number of likely N-dealkylation sites (N-methyl/N-ethyl adjacent to an activating group) is 1. The Kier molecular flexibility index (Phi) is 3.66. The van der Waals surface area contributed by atoms with Crippen molar-refractivity contribution in [2.45, 2.75) is 56.9 Å². The number of benzene rings is 1. The maximum absolute atomic E-state index is 3.69. The van der Waals surface area contributed by atoms with Gasteiger partial charge in [0.2, 0.25) is 0 Å². The van der Waals surface area contributed by atoms with Crippen LogP contribution in [0.2, 0.25) is 0 Å². The fourth-order valence-electron chi connectivity index (χ4n) is 4.27. The summed E-state index contributed by atoms with van der Waals surface area (Å²) in [5, 5.41) is 3.69. The highest BCUT2D eigenvalue weighted by atomic mass is 14.9. The Morgan fingerprint density at radius 1 is 1.05 bits per heavy atom. The van der Waals surface area contributed by atoms with Gasteiger partial charge in [-0.1, -0.05) is 50.1 Å². The summed E-state index contributed by atoms with van der Waals surface area (Å²) in [6.07, 6.45) is 8.42. The molecule has 0 radical (unpaired) electrons. The number of rotatable bonds is 4. The van der Waals surface area contributed by atoms with E-state index >= 15 is 0 Å². The molecule has 0 heterocycles. The fourth-order valence-corrected chi connectivity index (χ4v) is 4.27. The third kappa shape index (κ3) is 2.45. The lowest BCUT2D eigenvalue weighted by atomic mass is 9.72. The van der Waals surface area contributed by atoms with Crippen molar-refractivity contribution in [1.82, 2.24) is 5.32 Å². The van der Waals surface area contributed by atoms with Crippen molar-refractivity contribution in [1.29, 1.82) is 0 Å². The fraction of sp³-hybridized carbons (Fsp3) is 0.667. The smallest absolute Gasteiger partial charge is 0.0189 e. The monoisotopic (exact) mass is 257 g/mol. The lowest BCUT2D eigenvalue weighted by Gasteiger charge is -2.38. The molecule has 1 aromatic rings. The minimum Gasteiger partial charge on any atom is -0.316 e. The van der Waals surface area contributed by atoms with Gasteiger partial charge < -0.3 is 5.32 Å². The van der Waals surface area contributed by atoms with Gasteiger partial charge in [0.25, 0.3) is 0 Å². The minimum atomic E-state index is 0.446. The molecule has 2 aliphatic rings. The Morgan fingerprint density at radius 2 is 1.68 bits per heavy atom. The first-order valence-corrected chi connectivity index (χ1v) is 7.99. The number of hydrogen-bond acceptors (Lipinski definition) is 1. The summed E-state index contributed by atoms with van der Waals surface area (Å²) in [6, 6.07) is 11.9. The van der Waals surface area contributed by atoms with E-state index in [2.05, 4.69) is 49.6 Å². The molecular formula is C18H27N. The highest BCUT2D eigenvalue weighted by Gasteiger charge is 2.52. The van der Waals surface area contributed by atoms with Gasteiger partial charge in [-0.05, 0) is 50.1 Å². The summed E-state index contributed by atoms with van der Waals surface area (Å²) < 4.78 is 0. The second-order valence-electron chi connectivity index (χ2n) is 6.81. The zero-order valence-corrected chi connectivity index (χ0v) is 12.4. The molecule has 1 unspecified atom stereocenters. The van der Waals surface area contributed by atoms with E-state index in [1.54, 1.807) is 5.56 Å². The normalized spacial score (nSPS) is 30.8. The number of hydrogen-bond donors (Lipinski definition) is 1. The van der Waals surface area contributed by atoms with Gasteiger partial charge in [-0.2, -0.15) is 0 Å². The summed E-state index contributed by atoms with van der Waals surface area (Å²) >= 11 is 0. The van der Waals surface area contributed by atoms with Crippen LogP contribution in [0.3, 0.4) is 0 Å². The molecule has 1 heteroatoms. The Morgan fingerprint density at radius 3 is 2.21 bits per heavy atom. The van der Waals surface area contributed by atoms with Crippen molar-refractivity contribution >= 4 is 0 Å². The van der Waals surface area contributed by atoms with E-state index in [1.165, 1.54) is 38.5 Å². The van der Waals surface area contributed by atoms with Gasteiger partial charge in [0.15, 0.2) is 0 Å². The summed E-state index contributed by atoms with van der Waals surface area (Å²) in [7, 11) is 2.17. The SMILES string of the molecule is CNC(C1CCC(C)CC1)C1(c2ccccc2)CC1. The Balaban J connectivity index is 1.79. The lowest BCUT2D eigenvalue weighted by Crippen LogP contribution is -2.45. The minimum absolute atomic E-state index is 0.446. The Hall–Kier alpha value is -0.820. The first kappa shape index (κ1) is 13.2. The van der Waals surface area contributed by atoms with Crippen LogP contribution in [0.4, 0.5) is 0 Å². The van der Waals surface area contributed by atoms with Crippen LogP contribution in [0.5, 0.6) is 0 Å². The van der Waals surface area contributed by atoms with Crippen LogP contribution in [0.25, 0.3) is 0 Å². The summed E-state index contributed by atoms with van der Waals surface area (Å²) in [5.41, 5.74) is 2.01. The van der Waals surface area contributed by atoms with Gasteiger partial charge in [-0.25, -0.2) is 0 Å². The zero-order valence-electron chi connectivity index (χ0n) is 12.4. The van der Waals surface area contributed by atoms with Crippen molar-refractivity contribution in [2.24, 2.45) is 11.8 Å². The predicted molar refractivity (Wildman–Crippen MR) is 81.3 cm³/mol. The Bertz CT molecular complexity index is 399. The van der Waals surface area contributed by atoms with Crippen molar-refractivity contribution in [3.8, 4) is 0 Å². The van der Waals surface area contributed by atoms with Crippen LogP contribution in [-0.2, 0) is 5.41 Å². The highest BCUT2D eigenvalue weighted by molar-refractivity contribution is 5.34.